The zero-order valence-corrected chi connectivity index (χ0v) is 17.6. The largest absolute Gasteiger partial charge is 0.480 e. The Kier molecular flexibility index (Phi) is 10.7. The number of carbonyl (C=O) groups excluding carboxylic acids is 2. The maximum Gasteiger partial charge on any atom is 0.322 e. The molecule has 0 aliphatic rings. The highest BCUT2D eigenvalue weighted by Gasteiger charge is 2.22. The van der Waals surface area contributed by atoms with Crippen LogP contribution in [-0.4, -0.2) is 58.2 Å². The van der Waals surface area contributed by atoms with E-state index in [1.165, 1.54) is 0 Å². The van der Waals surface area contributed by atoms with Crippen LogP contribution >= 0.6 is 0 Å². The Labute approximate surface area is 179 Å². The number of aromatic nitrogens is 2. The van der Waals surface area contributed by atoms with Crippen molar-refractivity contribution < 1.29 is 24.0 Å². The van der Waals surface area contributed by atoms with E-state index in [1.54, 1.807) is 0 Å². The molecule has 0 spiro atoms. The minimum atomic E-state index is -1.18. The van der Waals surface area contributed by atoms with E-state index < -0.39 is 36.5 Å². The summed E-state index contributed by atoms with van der Waals surface area (Å²) < 4.78 is 5.07. The van der Waals surface area contributed by atoms with Gasteiger partial charge in [-0.25, -0.2) is 4.79 Å². The van der Waals surface area contributed by atoms with Gasteiger partial charge in [0.25, 0.3) is 0 Å². The quantitative estimate of drug-likeness (QED) is 0.107. The summed E-state index contributed by atoms with van der Waals surface area (Å²) in [5.41, 5.74) is 16.5. The molecule has 1 aromatic rings. The van der Waals surface area contributed by atoms with E-state index in [-0.39, 0.29) is 30.1 Å². The van der Waals surface area contributed by atoms with Crippen molar-refractivity contribution in [1.29, 1.82) is 0 Å². The fraction of sp³-hybridized carbons (Fsp3) is 0.647. The number of carboxylic acid groups (broad SMARTS) is 1. The van der Waals surface area contributed by atoms with Crippen molar-refractivity contribution in [3.05, 3.63) is 11.7 Å². The number of carboxylic acids is 1. The number of aliphatic imine (C=N–C) groups is 1. The predicted molar refractivity (Wildman–Crippen MR) is 110 cm³/mol. The Morgan fingerprint density at radius 2 is 1.94 bits per heavy atom. The van der Waals surface area contributed by atoms with E-state index in [4.69, 9.17) is 26.8 Å². The summed E-state index contributed by atoms with van der Waals surface area (Å²) >= 11 is 0. The molecule has 0 saturated heterocycles. The fourth-order valence-corrected chi connectivity index (χ4v) is 2.49. The molecule has 2 atom stereocenters. The summed E-state index contributed by atoms with van der Waals surface area (Å²) in [7, 11) is 0. The molecule has 0 aromatic carbocycles. The van der Waals surface area contributed by atoms with Crippen molar-refractivity contribution in [1.82, 2.24) is 26.1 Å². The smallest absolute Gasteiger partial charge is 0.322 e. The molecule has 0 saturated carbocycles. The van der Waals surface area contributed by atoms with Gasteiger partial charge in [-0.1, -0.05) is 19.0 Å². The summed E-state index contributed by atoms with van der Waals surface area (Å²) in [6.45, 7) is 3.56. The van der Waals surface area contributed by atoms with E-state index in [0.717, 1.165) is 0 Å². The first-order valence-corrected chi connectivity index (χ1v) is 9.75. The SMILES string of the molecule is CC(C)C[C@H](NC(=O)NCc1nc([C@@H](N)CCCN=C(N)N)no1)C(=O)NCC(=O)O. The molecule has 0 fully saturated rings. The molecule has 14 nitrogen and oxygen atoms in total. The molecular weight excluding hydrogens is 410 g/mol. The highest BCUT2D eigenvalue weighted by molar-refractivity contribution is 5.88. The van der Waals surface area contributed by atoms with Crippen LogP contribution in [0, 0.1) is 5.92 Å². The Hall–Kier alpha value is -3.42. The lowest BCUT2D eigenvalue weighted by Gasteiger charge is -2.19. The van der Waals surface area contributed by atoms with Gasteiger partial charge in [-0.15, -0.1) is 0 Å². The maximum atomic E-state index is 12.2. The number of amides is 3. The molecule has 0 bridgehead atoms. The standard InChI is InChI=1S/C17H31N9O5/c1-9(2)6-11(15(29)22-8-13(27)28)24-17(30)23-7-12-25-14(26-31-12)10(18)4-3-5-21-16(19)20/h9-11H,3-8,18H2,1-2H3,(H,22,29)(H,27,28)(H4,19,20,21)(H2,23,24,30)/t10-,11-/m0/s1. The van der Waals surface area contributed by atoms with Gasteiger partial charge in [0.05, 0.1) is 12.6 Å². The van der Waals surface area contributed by atoms with Crippen molar-refractivity contribution in [2.45, 2.75) is 51.7 Å². The van der Waals surface area contributed by atoms with E-state index in [9.17, 15) is 14.4 Å². The first-order chi connectivity index (χ1) is 14.6. The molecule has 0 aliphatic heterocycles. The second-order valence-electron chi connectivity index (χ2n) is 7.22. The van der Waals surface area contributed by atoms with Crippen LogP contribution in [-0.2, 0) is 16.1 Å². The van der Waals surface area contributed by atoms with Crippen LogP contribution < -0.4 is 33.2 Å². The van der Waals surface area contributed by atoms with Crippen LogP contribution in [0.3, 0.4) is 0 Å². The predicted octanol–water partition coefficient (Wildman–Crippen LogP) is -1.46. The lowest BCUT2D eigenvalue weighted by molar-refractivity contribution is -0.138. The van der Waals surface area contributed by atoms with Gasteiger partial charge >= 0.3 is 12.0 Å². The van der Waals surface area contributed by atoms with E-state index >= 15 is 0 Å². The van der Waals surface area contributed by atoms with Gasteiger partial charge in [-0.2, -0.15) is 4.98 Å². The van der Waals surface area contributed by atoms with Crippen LogP contribution in [0.1, 0.15) is 50.9 Å². The number of nitrogens with zero attached hydrogens (tertiary/aromatic N) is 3. The van der Waals surface area contributed by atoms with E-state index in [1.807, 2.05) is 13.8 Å². The highest BCUT2D eigenvalue weighted by atomic mass is 16.5. The molecule has 0 radical (unpaired) electrons. The second kappa shape index (κ2) is 13.0. The summed E-state index contributed by atoms with van der Waals surface area (Å²) in [6, 6.07) is -2.01. The number of guanidine groups is 1. The van der Waals surface area contributed by atoms with Crippen LogP contribution in [0.25, 0.3) is 0 Å². The fourth-order valence-electron chi connectivity index (χ4n) is 2.49. The minimum Gasteiger partial charge on any atom is -0.480 e. The molecule has 0 unspecified atom stereocenters. The number of aliphatic carboxylic acids is 1. The zero-order valence-electron chi connectivity index (χ0n) is 17.6. The molecule has 174 valence electrons. The minimum absolute atomic E-state index is 0.00905. The van der Waals surface area contributed by atoms with Gasteiger partial charge < -0.3 is 42.8 Å². The second-order valence-corrected chi connectivity index (χ2v) is 7.22. The van der Waals surface area contributed by atoms with Gasteiger partial charge in [0.1, 0.15) is 12.6 Å². The van der Waals surface area contributed by atoms with E-state index in [0.29, 0.717) is 25.8 Å². The van der Waals surface area contributed by atoms with E-state index in [2.05, 4.69) is 31.1 Å². The van der Waals surface area contributed by atoms with Crippen molar-refractivity contribution >= 4 is 23.9 Å². The molecule has 1 rings (SSSR count). The van der Waals surface area contributed by atoms with Gasteiger partial charge in [0.2, 0.25) is 11.8 Å². The van der Waals surface area contributed by atoms with Crippen LogP contribution in [0.4, 0.5) is 4.79 Å². The topological polar surface area (TPSA) is 237 Å². The summed E-state index contributed by atoms with van der Waals surface area (Å²) in [4.78, 5) is 42.9. The maximum absolute atomic E-state index is 12.2. The molecule has 3 amide bonds. The zero-order chi connectivity index (χ0) is 23.4. The number of hydrogen-bond donors (Lipinski definition) is 7. The van der Waals surface area contributed by atoms with Crippen molar-refractivity contribution in [3.8, 4) is 0 Å². The molecule has 0 aliphatic carbocycles. The Morgan fingerprint density at radius 1 is 1.23 bits per heavy atom. The molecule has 1 aromatic heterocycles. The molecule has 14 heteroatoms. The Morgan fingerprint density at radius 3 is 2.55 bits per heavy atom. The third-order valence-electron chi connectivity index (χ3n) is 3.93. The number of urea groups is 1. The third kappa shape index (κ3) is 10.8. The van der Waals surface area contributed by atoms with Gasteiger partial charge in [0, 0.05) is 6.54 Å². The Bertz CT molecular complexity index is 761. The number of hydrogen-bond acceptors (Lipinski definition) is 8. The normalized spacial score (nSPS) is 12.6. The molecule has 10 N–H and O–H groups in total. The lowest BCUT2D eigenvalue weighted by atomic mass is 10.0. The Balaban J connectivity index is 2.52. The van der Waals surface area contributed by atoms with Gasteiger partial charge in [-0.05, 0) is 25.2 Å². The first kappa shape index (κ1) is 25.6. The average Bonchev–Trinajstić information content (AvgIpc) is 3.15. The van der Waals surface area contributed by atoms with Gasteiger partial charge in [0.15, 0.2) is 11.8 Å². The number of nitrogens with one attached hydrogen (secondary N) is 3. The summed E-state index contributed by atoms with van der Waals surface area (Å²) in [5, 5.41) is 19.7. The van der Waals surface area contributed by atoms with Gasteiger partial charge in [-0.3, -0.25) is 14.6 Å². The summed E-state index contributed by atoms with van der Waals surface area (Å²) in [5.74, 6) is -1.24. The highest BCUT2D eigenvalue weighted by Crippen LogP contribution is 2.12. The molecular formula is C17H31N9O5. The number of nitrogens with two attached hydrogens (primary N) is 3. The molecule has 1 heterocycles. The average molecular weight is 441 g/mol. The molecule has 31 heavy (non-hydrogen) atoms. The third-order valence-corrected chi connectivity index (χ3v) is 3.93. The number of carbonyl (C=O) groups is 3. The summed E-state index contributed by atoms with van der Waals surface area (Å²) in [6.07, 6.45) is 1.50. The van der Waals surface area contributed by atoms with Crippen molar-refractivity contribution in [2.24, 2.45) is 28.1 Å². The van der Waals surface area contributed by atoms with Crippen LogP contribution in [0.15, 0.2) is 9.52 Å². The first-order valence-electron chi connectivity index (χ1n) is 9.75. The lowest BCUT2D eigenvalue weighted by Crippen LogP contribution is -2.51. The van der Waals surface area contributed by atoms with Crippen LogP contribution in [0.2, 0.25) is 0 Å². The van der Waals surface area contributed by atoms with Crippen molar-refractivity contribution in [2.75, 3.05) is 13.1 Å². The monoisotopic (exact) mass is 441 g/mol. The van der Waals surface area contributed by atoms with Crippen LogP contribution in [0.5, 0.6) is 0 Å². The van der Waals surface area contributed by atoms with Crippen molar-refractivity contribution in [3.63, 3.8) is 0 Å². The number of rotatable bonds is 13.